The minimum atomic E-state index is 0.0836. The van der Waals surface area contributed by atoms with Crippen LogP contribution in [-0.2, 0) is 9.53 Å². The lowest BCUT2D eigenvalue weighted by Crippen LogP contribution is -2.50. The number of halogens is 1. The molecule has 3 rings (SSSR count). The minimum absolute atomic E-state index is 0.0836. The molecular weight excluding hydrogens is 300 g/mol. The molecule has 0 unspecified atom stereocenters. The molecule has 0 N–H and O–H groups in total. The van der Waals surface area contributed by atoms with E-state index in [2.05, 4.69) is 24.0 Å². The molecule has 0 aromatic heterocycles. The van der Waals surface area contributed by atoms with Gasteiger partial charge in [-0.1, -0.05) is 23.7 Å². The van der Waals surface area contributed by atoms with Gasteiger partial charge < -0.3 is 9.64 Å². The lowest BCUT2D eigenvalue weighted by Gasteiger charge is -2.39. The maximum Gasteiger partial charge on any atom is 0.228 e. The number of piperazine rings is 1. The number of benzene rings is 1. The van der Waals surface area contributed by atoms with E-state index in [9.17, 15) is 4.79 Å². The Morgan fingerprint density at radius 2 is 1.91 bits per heavy atom. The molecule has 2 aliphatic rings. The Morgan fingerprint density at radius 1 is 1.23 bits per heavy atom. The molecule has 2 atom stereocenters. The molecule has 0 spiro atoms. The Bertz CT molecular complexity index is 506. The van der Waals surface area contributed by atoms with Crippen LogP contribution in [0.2, 0.25) is 5.02 Å². The fraction of sp³-hybridized carbons (Fsp3) is 0.588. The maximum absolute atomic E-state index is 12.4. The van der Waals surface area contributed by atoms with Crippen molar-refractivity contribution in [3.63, 3.8) is 0 Å². The molecule has 0 aliphatic carbocycles. The predicted molar refractivity (Wildman–Crippen MR) is 86.9 cm³/mol. The highest BCUT2D eigenvalue weighted by Crippen LogP contribution is 2.24. The third-order valence-corrected chi connectivity index (χ3v) is 5.06. The topological polar surface area (TPSA) is 32.8 Å². The van der Waals surface area contributed by atoms with Crippen LogP contribution in [0.4, 0.5) is 0 Å². The van der Waals surface area contributed by atoms with E-state index < -0.39 is 0 Å². The standard InChI is InChI=1S/C17H23ClN2O2/c1-13(14-2-4-16(18)5-3-14)19-7-9-20(10-8-19)17(21)15-6-11-22-12-15/h2-5,13,15H,6-12H2,1H3/t13-,15+/m0/s1. The zero-order valence-corrected chi connectivity index (χ0v) is 13.8. The fourth-order valence-electron chi connectivity index (χ4n) is 3.27. The van der Waals surface area contributed by atoms with Gasteiger partial charge >= 0.3 is 0 Å². The average Bonchev–Trinajstić information content (AvgIpc) is 3.09. The number of carbonyl (C=O) groups is 1. The van der Waals surface area contributed by atoms with Crippen LogP contribution in [0.25, 0.3) is 0 Å². The first-order valence-electron chi connectivity index (χ1n) is 8.01. The van der Waals surface area contributed by atoms with Gasteiger partial charge in [0.1, 0.15) is 0 Å². The molecule has 5 heteroatoms. The third kappa shape index (κ3) is 3.45. The summed E-state index contributed by atoms with van der Waals surface area (Å²) in [7, 11) is 0. The van der Waals surface area contributed by atoms with Crippen LogP contribution >= 0.6 is 11.6 Å². The van der Waals surface area contributed by atoms with E-state index in [4.69, 9.17) is 16.3 Å². The lowest BCUT2D eigenvalue weighted by molar-refractivity contribution is -0.137. The Hall–Kier alpha value is -1.10. The van der Waals surface area contributed by atoms with Gasteiger partial charge in [0.25, 0.3) is 0 Å². The number of ether oxygens (including phenoxy) is 1. The first-order valence-corrected chi connectivity index (χ1v) is 8.39. The second kappa shape index (κ2) is 6.99. The highest BCUT2D eigenvalue weighted by molar-refractivity contribution is 6.30. The van der Waals surface area contributed by atoms with Gasteiger partial charge in [-0.25, -0.2) is 0 Å². The molecule has 2 aliphatic heterocycles. The van der Waals surface area contributed by atoms with Crippen molar-refractivity contribution in [2.75, 3.05) is 39.4 Å². The van der Waals surface area contributed by atoms with Crippen LogP contribution in [0.5, 0.6) is 0 Å². The fourth-order valence-corrected chi connectivity index (χ4v) is 3.40. The van der Waals surface area contributed by atoms with Gasteiger partial charge in [0.15, 0.2) is 0 Å². The summed E-state index contributed by atoms with van der Waals surface area (Å²) in [4.78, 5) is 16.8. The van der Waals surface area contributed by atoms with Crippen molar-refractivity contribution < 1.29 is 9.53 Å². The summed E-state index contributed by atoms with van der Waals surface area (Å²) in [6, 6.07) is 8.39. The molecule has 0 radical (unpaired) electrons. The number of amides is 1. The number of hydrogen-bond donors (Lipinski definition) is 0. The average molecular weight is 323 g/mol. The van der Waals surface area contributed by atoms with Crippen LogP contribution in [0.15, 0.2) is 24.3 Å². The van der Waals surface area contributed by atoms with Crippen LogP contribution < -0.4 is 0 Å². The van der Waals surface area contributed by atoms with Crippen molar-refractivity contribution >= 4 is 17.5 Å². The first kappa shape index (κ1) is 15.8. The monoisotopic (exact) mass is 322 g/mol. The number of rotatable bonds is 3. The van der Waals surface area contributed by atoms with E-state index in [1.807, 2.05) is 17.0 Å². The molecule has 4 nitrogen and oxygen atoms in total. The summed E-state index contributed by atoms with van der Waals surface area (Å²) in [5.74, 6) is 0.358. The molecule has 2 saturated heterocycles. The van der Waals surface area contributed by atoms with Crippen molar-refractivity contribution in [1.29, 1.82) is 0 Å². The van der Waals surface area contributed by atoms with Gasteiger partial charge in [0, 0.05) is 43.9 Å². The summed E-state index contributed by atoms with van der Waals surface area (Å²) >= 11 is 5.95. The van der Waals surface area contributed by atoms with Gasteiger partial charge in [-0.3, -0.25) is 9.69 Å². The zero-order valence-electron chi connectivity index (χ0n) is 13.0. The maximum atomic E-state index is 12.4. The Kier molecular flexibility index (Phi) is 5.01. The summed E-state index contributed by atoms with van der Waals surface area (Å²) < 4.78 is 5.33. The zero-order chi connectivity index (χ0) is 15.5. The van der Waals surface area contributed by atoms with Crippen molar-refractivity contribution in [3.05, 3.63) is 34.9 Å². The first-order chi connectivity index (χ1) is 10.6. The summed E-state index contributed by atoms with van der Waals surface area (Å²) in [6.45, 7) is 7.00. The lowest BCUT2D eigenvalue weighted by atomic mass is 10.0. The van der Waals surface area contributed by atoms with Crippen LogP contribution in [0.3, 0.4) is 0 Å². The van der Waals surface area contributed by atoms with E-state index >= 15 is 0 Å². The molecule has 120 valence electrons. The van der Waals surface area contributed by atoms with Crippen molar-refractivity contribution in [2.24, 2.45) is 5.92 Å². The number of carbonyl (C=O) groups excluding carboxylic acids is 1. The highest BCUT2D eigenvalue weighted by Gasteiger charge is 2.31. The van der Waals surface area contributed by atoms with Crippen molar-refractivity contribution in [1.82, 2.24) is 9.80 Å². The van der Waals surface area contributed by atoms with Gasteiger partial charge in [-0.05, 0) is 31.0 Å². The van der Waals surface area contributed by atoms with Gasteiger partial charge in [-0.2, -0.15) is 0 Å². The Morgan fingerprint density at radius 3 is 2.50 bits per heavy atom. The Balaban J connectivity index is 1.54. The van der Waals surface area contributed by atoms with Gasteiger partial charge in [-0.15, -0.1) is 0 Å². The van der Waals surface area contributed by atoms with Crippen molar-refractivity contribution in [3.8, 4) is 0 Å². The molecular formula is C17H23ClN2O2. The predicted octanol–water partition coefficient (Wildman–Crippen LogP) is 2.58. The molecule has 1 aromatic carbocycles. The smallest absolute Gasteiger partial charge is 0.228 e. The SMILES string of the molecule is C[C@@H](c1ccc(Cl)cc1)N1CCN(C(=O)[C@@H]2CCOC2)CC1. The summed E-state index contributed by atoms with van der Waals surface area (Å²) in [5.41, 5.74) is 1.27. The second-order valence-corrected chi connectivity index (χ2v) is 6.59. The van der Waals surface area contributed by atoms with Crippen molar-refractivity contribution in [2.45, 2.75) is 19.4 Å². The van der Waals surface area contributed by atoms with E-state index in [1.54, 1.807) is 0 Å². The molecule has 1 amide bonds. The normalized spacial score (nSPS) is 24.5. The van der Waals surface area contributed by atoms with Crippen LogP contribution in [-0.4, -0.2) is 55.1 Å². The minimum Gasteiger partial charge on any atom is -0.381 e. The largest absolute Gasteiger partial charge is 0.381 e. The second-order valence-electron chi connectivity index (χ2n) is 6.15. The van der Waals surface area contributed by atoms with E-state index in [0.717, 1.165) is 44.2 Å². The summed E-state index contributed by atoms with van der Waals surface area (Å²) in [5, 5.41) is 0.769. The number of hydrogen-bond acceptors (Lipinski definition) is 3. The molecule has 2 heterocycles. The van der Waals surface area contributed by atoms with Gasteiger partial charge in [0.2, 0.25) is 5.91 Å². The molecule has 2 fully saturated rings. The molecule has 0 saturated carbocycles. The highest BCUT2D eigenvalue weighted by atomic mass is 35.5. The molecule has 22 heavy (non-hydrogen) atoms. The number of nitrogens with zero attached hydrogens (tertiary/aromatic N) is 2. The molecule has 1 aromatic rings. The van der Waals surface area contributed by atoms with Gasteiger partial charge in [0.05, 0.1) is 12.5 Å². The van der Waals surface area contributed by atoms with Crippen LogP contribution in [0, 0.1) is 5.92 Å². The van der Waals surface area contributed by atoms with E-state index in [0.29, 0.717) is 12.6 Å². The van der Waals surface area contributed by atoms with E-state index in [1.165, 1.54) is 5.56 Å². The quantitative estimate of drug-likeness (QED) is 0.857. The molecule has 0 bridgehead atoms. The van der Waals surface area contributed by atoms with E-state index in [-0.39, 0.29) is 11.8 Å². The van der Waals surface area contributed by atoms with Crippen LogP contribution in [0.1, 0.15) is 24.9 Å². The third-order valence-electron chi connectivity index (χ3n) is 4.80. The Labute approximate surface area is 137 Å². The summed E-state index contributed by atoms with van der Waals surface area (Å²) in [6.07, 6.45) is 0.875.